The molecule has 104 valence electrons. The fourth-order valence-corrected chi connectivity index (χ4v) is 3.95. The van der Waals surface area contributed by atoms with Gasteiger partial charge in [0.15, 0.2) is 0 Å². The van der Waals surface area contributed by atoms with Crippen LogP contribution in [0.1, 0.15) is 46.6 Å². The number of aromatic nitrogens is 2. The van der Waals surface area contributed by atoms with Gasteiger partial charge in [0.25, 0.3) is 0 Å². The summed E-state index contributed by atoms with van der Waals surface area (Å²) in [7, 11) is 2.02. The number of nitrogens with one attached hydrogen (secondary N) is 1. The Morgan fingerprint density at radius 1 is 1.26 bits per heavy atom. The van der Waals surface area contributed by atoms with Gasteiger partial charge in [0.2, 0.25) is 0 Å². The average Bonchev–Trinajstić information content (AvgIpc) is 3.05. The maximum absolute atomic E-state index is 4.27. The van der Waals surface area contributed by atoms with E-state index in [0.29, 0.717) is 6.04 Å². The van der Waals surface area contributed by atoms with Crippen molar-refractivity contribution in [3.8, 4) is 0 Å². The van der Waals surface area contributed by atoms with Gasteiger partial charge in [-0.3, -0.25) is 0 Å². The van der Waals surface area contributed by atoms with Gasteiger partial charge in [-0.15, -0.1) is 16.4 Å². The second-order valence-corrected chi connectivity index (χ2v) is 6.64. The SMILES string of the molecule is CCCc1nnsc1C(Cc1ccc(CC)s1)NC. The Hall–Kier alpha value is -0.780. The highest BCUT2D eigenvalue weighted by Crippen LogP contribution is 2.27. The lowest BCUT2D eigenvalue weighted by molar-refractivity contribution is 0.598. The molecule has 0 aliphatic heterocycles. The van der Waals surface area contributed by atoms with Crippen LogP contribution in [0.3, 0.4) is 0 Å². The fourth-order valence-electron chi connectivity index (χ4n) is 2.14. The minimum Gasteiger partial charge on any atom is -0.312 e. The first kappa shape index (κ1) is 14.6. The standard InChI is InChI=1S/C14H21N3S2/c1-4-6-12-14(19-17-16-12)13(15-3)9-11-8-7-10(5-2)18-11/h7-8,13,15H,4-6,9H2,1-3H3. The normalized spacial score (nSPS) is 12.8. The monoisotopic (exact) mass is 295 g/mol. The molecule has 19 heavy (non-hydrogen) atoms. The Morgan fingerprint density at radius 3 is 2.68 bits per heavy atom. The average molecular weight is 295 g/mol. The van der Waals surface area contributed by atoms with Gasteiger partial charge in [0.1, 0.15) is 0 Å². The first-order valence-electron chi connectivity index (χ1n) is 6.84. The summed E-state index contributed by atoms with van der Waals surface area (Å²) >= 11 is 3.45. The van der Waals surface area contributed by atoms with E-state index < -0.39 is 0 Å². The van der Waals surface area contributed by atoms with Gasteiger partial charge in [0, 0.05) is 22.2 Å². The highest BCUT2D eigenvalue weighted by atomic mass is 32.1. The molecule has 2 aromatic heterocycles. The number of hydrogen-bond donors (Lipinski definition) is 1. The van der Waals surface area contributed by atoms with Crippen molar-refractivity contribution in [3.63, 3.8) is 0 Å². The summed E-state index contributed by atoms with van der Waals surface area (Å²) < 4.78 is 4.13. The lowest BCUT2D eigenvalue weighted by atomic mass is 10.1. The van der Waals surface area contributed by atoms with Gasteiger partial charge in [-0.2, -0.15) is 0 Å². The van der Waals surface area contributed by atoms with E-state index in [1.807, 2.05) is 18.4 Å². The fraction of sp³-hybridized carbons (Fsp3) is 0.571. The molecule has 0 bridgehead atoms. The zero-order valence-electron chi connectivity index (χ0n) is 11.8. The molecule has 0 aliphatic rings. The number of likely N-dealkylation sites (N-methyl/N-ethyl adjacent to an activating group) is 1. The van der Waals surface area contributed by atoms with E-state index in [-0.39, 0.29) is 0 Å². The molecule has 2 heterocycles. The van der Waals surface area contributed by atoms with E-state index >= 15 is 0 Å². The van der Waals surface area contributed by atoms with Crippen LogP contribution in [0.5, 0.6) is 0 Å². The molecule has 2 rings (SSSR count). The van der Waals surface area contributed by atoms with Crippen LogP contribution in [0.25, 0.3) is 0 Å². The van der Waals surface area contributed by atoms with Crippen LogP contribution in [0.2, 0.25) is 0 Å². The van der Waals surface area contributed by atoms with Gasteiger partial charge in [-0.1, -0.05) is 24.8 Å². The summed E-state index contributed by atoms with van der Waals surface area (Å²) in [5, 5.41) is 7.69. The Morgan fingerprint density at radius 2 is 2.05 bits per heavy atom. The predicted octanol–water partition coefficient (Wildman–Crippen LogP) is 3.62. The molecule has 0 radical (unpaired) electrons. The molecular weight excluding hydrogens is 274 g/mol. The van der Waals surface area contributed by atoms with Crippen LogP contribution >= 0.6 is 22.9 Å². The van der Waals surface area contributed by atoms with Gasteiger partial charge >= 0.3 is 0 Å². The van der Waals surface area contributed by atoms with Gasteiger partial charge in [-0.25, -0.2) is 0 Å². The second kappa shape index (κ2) is 7.12. The highest BCUT2D eigenvalue weighted by molar-refractivity contribution is 7.12. The van der Waals surface area contributed by atoms with E-state index in [4.69, 9.17) is 0 Å². The number of rotatable bonds is 7. The van der Waals surface area contributed by atoms with Crippen molar-refractivity contribution in [1.29, 1.82) is 0 Å². The second-order valence-electron chi connectivity index (χ2n) is 4.60. The number of thiophene rings is 1. The van der Waals surface area contributed by atoms with E-state index in [1.54, 1.807) is 0 Å². The molecule has 0 saturated carbocycles. The van der Waals surface area contributed by atoms with Crippen molar-refractivity contribution in [3.05, 3.63) is 32.5 Å². The molecule has 5 heteroatoms. The third-order valence-electron chi connectivity index (χ3n) is 3.21. The van der Waals surface area contributed by atoms with Crippen LogP contribution in [-0.4, -0.2) is 16.6 Å². The Kier molecular flexibility index (Phi) is 5.48. The summed E-state index contributed by atoms with van der Waals surface area (Å²) in [6.45, 7) is 4.39. The Balaban J connectivity index is 2.12. The molecule has 1 N–H and O–H groups in total. The zero-order valence-corrected chi connectivity index (χ0v) is 13.4. The summed E-state index contributed by atoms with van der Waals surface area (Å²) in [6, 6.07) is 4.83. The molecule has 0 aliphatic carbocycles. The highest BCUT2D eigenvalue weighted by Gasteiger charge is 2.18. The Bertz CT molecular complexity index is 504. The predicted molar refractivity (Wildman–Crippen MR) is 83.1 cm³/mol. The summed E-state index contributed by atoms with van der Waals surface area (Å²) in [5.41, 5.74) is 1.17. The minimum absolute atomic E-state index is 0.338. The lowest BCUT2D eigenvalue weighted by Gasteiger charge is -2.14. The van der Waals surface area contributed by atoms with Crippen LogP contribution in [0.4, 0.5) is 0 Å². The molecule has 2 aromatic rings. The number of hydrogen-bond acceptors (Lipinski definition) is 5. The van der Waals surface area contributed by atoms with Gasteiger partial charge < -0.3 is 5.32 Å². The largest absolute Gasteiger partial charge is 0.312 e. The first-order valence-corrected chi connectivity index (χ1v) is 8.43. The summed E-state index contributed by atoms with van der Waals surface area (Å²) in [5.74, 6) is 0. The Labute approximate surface area is 123 Å². The van der Waals surface area contributed by atoms with E-state index in [2.05, 4.69) is 40.9 Å². The third kappa shape index (κ3) is 3.61. The van der Waals surface area contributed by atoms with Gasteiger partial charge in [-0.05, 0) is 43.6 Å². The molecule has 3 nitrogen and oxygen atoms in total. The van der Waals surface area contributed by atoms with E-state index in [9.17, 15) is 0 Å². The van der Waals surface area contributed by atoms with Crippen LogP contribution in [-0.2, 0) is 19.3 Å². The van der Waals surface area contributed by atoms with Crippen molar-refractivity contribution in [2.45, 2.75) is 45.6 Å². The molecule has 0 spiro atoms. The quantitative estimate of drug-likeness (QED) is 0.848. The van der Waals surface area contributed by atoms with E-state index in [1.165, 1.54) is 31.9 Å². The molecule has 1 unspecified atom stereocenters. The van der Waals surface area contributed by atoms with Crippen molar-refractivity contribution in [2.75, 3.05) is 7.05 Å². The number of nitrogens with zero attached hydrogens (tertiary/aromatic N) is 2. The lowest BCUT2D eigenvalue weighted by Crippen LogP contribution is -2.18. The van der Waals surface area contributed by atoms with Crippen molar-refractivity contribution >= 4 is 22.9 Å². The van der Waals surface area contributed by atoms with Crippen LogP contribution in [0, 0.1) is 0 Å². The molecule has 1 atom stereocenters. The number of aryl methyl sites for hydroxylation is 2. The van der Waals surface area contributed by atoms with Crippen molar-refractivity contribution < 1.29 is 0 Å². The maximum atomic E-state index is 4.27. The van der Waals surface area contributed by atoms with Crippen LogP contribution in [0.15, 0.2) is 12.1 Å². The summed E-state index contributed by atoms with van der Waals surface area (Å²) in [6.07, 6.45) is 4.29. The minimum atomic E-state index is 0.338. The van der Waals surface area contributed by atoms with E-state index in [0.717, 1.165) is 25.7 Å². The van der Waals surface area contributed by atoms with Gasteiger partial charge in [0.05, 0.1) is 10.6 Å². The van der Waals surface area contributed by atoms with Crippen LogP contribution < -0.4 is 5.32 Å². The third-order valence-corrected chi connectivity index (χ3v) is 5.34. The maximum Gasteiger partial charge on any atom is 0.0803 e. The molecule has 0 aromatic carbocycles. The zero-order chi connectivity index (χ0) is 13.7. The summed E-state index contributed by atoms with van der Waals surface area (Å²) in [4.78, 5) is 4.20. The smallest absolute Gasteiger partial charge is 0.0803 e. The molecular formula is C14H21N3S2. The molecule has 0 saturated heterocycles. The van der Waals surface area contributed by atoms with Crippen molar-refractivity contribution in [2.24, 2.45) is 0 Å². The topological polar surface area (TPSA) is 37.8 Å². The molecule has 0 amide bonds. The van der Waals surface area contributed by atoms with Crippen molar-refractivity contribution in [1.82, 2.24) is 14.9 Å². The molecule has 0 fully saturated rings. The first-order chi connectivity index (χ1) is 9.28.